The lowest BCUT2D eigenvalue weighted by molar-refractivity contribution is -0.142. The Balaban J connectivity index is 0.00000392. The summed E-state index contributed by atoms with van der Waals surface area (Å²) >= 11 is 0. The Morgan fingerprint density at radius 3 is 2.21 bits per heavy atom. The number of nitrogens with one attached hydrogen (secondary N) is 1. The number of piperazine rings is 1. The summed E-state index contributed by atoms with van der Waals surface area (Å²) in [6.07, 6.45) is -1.99. The number of hydrogen-bond acceptors (Lipinski definition) is 4. The highest BCUT2D eigenvalue weighted by atomic mass is 127. The highest BCUT2D eigenvalue weighted by Gasteiger charge is 2.29. The summed E-state index contributed by atoms with van der Waals surface area (Å²) in [7, 11) is 3.12. The van der Waals surface area contributed by atoms with Crippen LogP contribution in [0.25, 0.3) is 0 Å². The average molecular weight is 520 g/mol. The molecule has 0 aromatic heterocycles. The molecule has 28 heavy (non-hydrogen) atoms. The summed E-state index contributed by atoms with van der Waals surface area (Å²) in [4.78, 5) is 23.9. The normalized spacial score (nSPS) is 19.1. The molecule has 0 bridgehead atoms. The summed E-state index contributed by atoms with van der Waals surface area (Å²) in [5, 5.41) is 3.13. The van der Waals surface area contributed by atoms with Crippen LogP contribution in [0.15, 0.2) is 4.99 Å². The molecule has 2 rings (SSSR count). The molecule has 0 aromatic rings. The van der Waals surface area contributed by atoms with Gasteiger partial charge in [0.25, 0.3) is 0 Å². The van der Waals surface area contributed by atoms with Crippen LogP contribution in [0, 0.1) is 0 Å². The van der Waals surface area contributed by atoms with Crippen LogP contribution >= 0.6 is 24.0 Å². The smallest absolute Gasteiger partial charge is 0.355 e. The van der Waals surface area contributed by atoms with E-state index < -0.39 is 12.7 Å². The summed E-state index contributed by atoms with van der Waals surface area (Å²) in [6, 6.07) is 0. The topological polar surface area (TPSA) is 54.4 Å². The number of rotatable bonds is 6. The Kier molecular flexibility index (Phi) is 10.8. The second-order valence-electron chi connectivity index (χ2n) is 7.18. The maximum absolute atomic E-state index is 12.3. The fraction of sp³-hybridized carbons (Fsp3) is 0.882. The molecule has 2 aliphatic rings. The van der Waals surface area contributed by atoms with Gasteiger partial charge in [0.05, 0.1) is 13.1 Å². The van der Waals surface area contributed by atoms with Gasteiger partial charge in [-0.2, -0.15) is 13.2 Å². The molecule has 0 radical (unpaired) electrons. The van der Waals surface area contributed by atoms with Gasteiger partial charge in [0, 0.05) is 59.4 Å². The molecule has 164 valence electrons. The van der Waals surface area contributed by atoms with Crippen LogP contribution < -0.4 is 5.32 Å². The minimum Gasteiger partial charge on any atom is -0.355 e. The second kappa shape index (κ2) is 12.0. The quantitative estimate of drug-likeness (QED) is 0.321. The van der Waals surface area contributed by atoms with Crippen LogP contribution in [0.5, 0.6) is 0 Å². The molecule has 1 N–H and O–H groups in total. The van der Waals surface area contributed by atoms with Crippen LogP contribution in [0.2, 0.25) is 0 Å². The van der Waals surface area contributed by atoms with Gasteiger partial charge in [-0.1, -0.05) is 0 Å². The lowest BCUT2D eigenvalue weighted by Gasteiger charge is -2.36. The third kappa shape index (κ3) is 8.68. The maximum Gasteiger partial charge on any atom is 0.401 e. The van der Waals surface area contributed by atoms with Crippen molar-refractivity contribution in [2.24, 2.45) is 4.99 Å². The summed E-state index contributed by atoms with van der Waals surface area (Å²) in [5.74, 6) is 0.900. The molecule has 0 aliphatic carbocycles. The van der Waals surface area contributed by atoms with Crippen molar-refractivity contribution < 1.29 is 18.0 Å². The van der Waals surface area contributed by atoms with Gasteiger partial charge >= 0.3 is 6.18 Å². The van der Waals surface area contributed by atoms with E-state index in [1.54, 1.807) is 7.05 Å². The van der Waals surface area contributed by atoms with E-state index in [2.05, 4.69) is 20.1 Å². The lowest BCUT2D eigenvalue weighted by Crippen LogP contribution is -2.54. The van der Waals surface area contributed by atoms with E-state index in [0.29, 0.717) is 19.0 Å². The number of likely N-dealkylation sites (tertiary alicyclic amines) is 1. The third-order valence-corrected chi connectivity index (χ3v) is 4.93. The first-order valence-electron chi connectivity index (χ1n) is 9.49. The van der Waals surface area contributed by atoms with Crippen molar-refractivity contribution in [3.05, 3.63) is 0 Å². The molecule has 2 aliphatic heterocycles. The van der Waals surface area contributed by atoms with Crippen molar-refractivity contribution in [1.29, 1.82) is 0 Å². The molecule has 2 heterocycles. The number of guanidine groups is 1. The zero-order valence-corrected chi connectivity index (χ0v) is 19.0. The first-order valence-corrected chi connectivity index (χ1v) is 9.49. The van der Waals surface area contributed by atoms with E-state index in [1.165, 1.54) is 11.9 Å². The molecule has 7 nitrogen and oxygen atoms in total. The van der Waals surface area contributed by atoms with Gasteiger partial charge < -0.3 is 15.1 Å². The lowest BCUT2D eigenvalue weighted by atomic mass is 10.3. The van der Waals surface area contributed by atoms with Crippen molar-refractivity contribution in [2.75, 3.05) is 79.5 Å². The third-order valence-electron chi connectivity index (χ3n) is 4.93. The van der Waals surface area contributed by atoms with Crippen molar-refractivity contribution in [2.45, 2.75) is 19.0 Å². The molecule has 0 aromatic carbocycles. The first-order chi connectivity index (χ1) is 12.8. The predicted molar refractivity (Wildman–Crippen MR) is 114 cm³/mol. The number of carbonyl (C=O) groups excluding carboxylic acids is 1. The fourth-order valence-electron chi connectivity index (χ4n) is 3.45. The summed E-state index contributed by atoms with van der Waals surface area (Å²) in [5.41, 5.74) is 0. The molecule has 1 amide bonds. The number of hydrogen-bond donors (Lipinski definition) is 1. The zero-order valence-electron chi connectivity index (χ0n) is 16.7. The van der Waals surface area contributed by atoms with E-state index in [9.17, 15) is 18.0 Å². The molecular weight excluding hydrogens is 488 g/mol. The van der Waals surface area contributed by atoms with Crippen LogP contribution in [-0.4, -0.2) is 117 Å². The molecular formula is C17H32F3IN6O. The van der Waals surface area contributed by atoms with E-state index in [0.717, 1.165) is 52.1 Å². The monoisotopic (exact) mass is 520 g/mol. The molecule has 11 heteroatoms. The van der Waals surface area contributed by atoms with Crippen LogP contribution in [-0.2, 0) is 4.79 Å². The summed E-state index contributed by atoms with van der Waals surface area (Å²) in [6.45, 7) is 4.99. The van der Waals surface area contributed by atoms with Crippen molar-refractivity contribution >= 4 is 35.8 Å². The average Bonchev–Trinajstić information content (AvgIpc) is 3.13. The second-order valence-corrected chi connectivity index (χ2v) is 7.18. The number of alkyl halides is 3. The van der Waals surface area contributed by atoms with E-state index in [1.807, 2.05) is 4.90 Å². The van der Waals surface area contributed by atoms with E-state index >= 15 is 0 Å². The minimum atomic E-state index is -4.18. The molecule has 0 saturated carbocycles. The number of likely N-dealkylation sites (N-methyl/N-ethyl adjacent to an activating group) is 1. The summed E-state index contributed by atoms with van der Waals surface area (Å²) < 4.78 is 37.0. The van der Waals surface area contributed by atoms with E-state index in [4.69, 9.17) is 0 Å². The number of nitrogens with zero attached hydrogens (tertiary/aromatic N) is 5. The van der Waals surface area contributed by atoms with Crippen molar-refractivity contribution in [3.63, 3.8) is 0 Å². The highest BCUT2D eigenvalue weighted by Crippen LogP contribution is 2.15. The van der Waals surface area contributed by atoms with E-state index in [-0.39, 0.29) is 36.4 Å². The Bertz CT molecular complexity index is 506. The largest absolute Gasteiger partial charge is 0.401 e. The van der Waals surface area contributed by atoms with Crippen LogP contribution in [0.4, 0.5) is 13.2 Å². The Labute approximate surface area is 182 Å². The molecule has 0 atom stereocenters. The standard InChI is InChI=1S/C17H31F3N6O.HI/c1-21-16(22-5-8-23(2)14-17(18,19)20)26-11-9-24(10-12-26)13-15(27)25-6-3-4-7-25;/h3-14H2,1-2H3,(H,21,22);1H. The minimum absolute atomic E-state index is 0. The molecule has 0 spiro atoms. The van der Waals surface area contributed by atoms with Gasteiger partial charge in [0.1, 0.15) is 0 Å². The van der Waals surface area contributed by atoms with Gasteiger partial charge in [0.15, 0.2) is 5.96 Å². The predicted octanol–water partition coefficient (Wildman–Crippen LogP) is 0.914. The van der Waals surface area contributed by atoms with Gasteiger partial charge in [-0.25, -0.2) is 0 Å². The van der Waals surface area contributed by atoms with Crippen LogP contribution in [0.3, 0.4) is 0 Å². The Hall–Kier alpha value is -0.820. The molecule has 0 unspecified atom stereocenters. The number of halogens is 4. The fourth-order valence-corrected chi connectivity index (χ4v) is 3.45. The zero-order chi connectivity index (χ0) is 19.9. The SMILES string of the molecule is CN=C(NCCN(C)CC(F)(F)F)N1CCN(CC(=O)N2CCCC2)CC1.I. The Morgan fingerprint density at radius 1 is 1.07 bits per heavy atom. The van der Waals surface area contributed by atoms with Crippen molar-refractivity contribution in [1.82, 2.24) is 24.9 Å². The van der Waals surface area contributed by atoms with Gasteiger partial charge in [-0.3, -0.25) is 19.6 Å². The van der Waals surface area contributed by atoms with Gasteiger partial charge in [-0.05, 0) is 19.9 Å². The van der Waals surface area contributed by atoms with Crippen LogP contribution in [0.1, 0.15) is 12.8 Å². The molecule has 2 fully saturated rings. The number of carbonyl (C=O) groups is 1. The highest BCUT2D eigenvalue weighted by molar-refractivity contribution is 14.0. The van der Waals surface area contributed by atoms with Crippen molar-refractivity contribution in [3.8, 4) is 0 Å². The Morgan fingerprint density at radius 2 is 1.68 bits per heavy atom. The number of aliphatic imine (C=N–C) groups is 1. The number of amides is 1. The maximum atomic E-state index is 12.3. The first kappa shape index (κ1) is 25.2. The van der Waals surface area contributed by atoms with Gasteiger partial charge in [-0.15, -0.1) is 24.0 Å². The van der Waals surface area contributed by atoms with Gasteiger partial charge in [0.2, 0.25) is 5.91 Å². The molecule has 2 saturated heterocycles.